The first-order chi connectivity index (χ1) is 8.16. The van der Waals surface area contributed by atoms with Crippen LogP contribution in [0.5, 0.6) is 0 Å². The Hall–Kier alpha value is -0.960. The summed E-state index contributed by atoms with van der Waals surface area (Å²) in [6, 6.07) is 3.07. The molecule has 0 aliphatic heterocycles. The zero-order valence-corrected chi connectivity index (χ0v) is 10.2. The minimum Gasteiger partial charge on any atom is -0.310 e. The van der Waals surface area contributed by atoms with Gasteiger partial charge in [-0.05, 0) is 31.4 Å². The van der Waals surface area contributed by atoms with Crippen LogP contribution in [-0.2, 0) is 6.54 Å². The van der Waals surface area contributed by atoms with Gasteiger partial charge < -0.3 is 5.32 Å². The first kappa shape index (κ1) is 12.5. The summed E-state index contributed by atoms with van der Waals surface area (Å²) in [6.45, 7) is 2.16. The lowest BCUT2D eigenvalue weighted by atomic mass is 9.95. The summed E-state index contributed by atoms with van der Waals surface area (Å²) in [5.74, 6) is -0.916. The fourth-order valence-electron chi connectivity index (χ4n) is 2.41. The molecule has 1 aromatic carbocycles. The minimum atomic E-state index is -0.469. The molecule has 1 nitrogen and oxygen atoms in total. The summed E-state index contributed by atoms with van der Waals surface area (Å²) in [4.78, 5) is 0. The first-order valence-electron chi connectivity index (χ1n) is 6.34. The Morgan fingerprint density at radius 3 is 2.53 bits per heavy atom. The van der Waals surface area contributed by atoms with Crippen molar-refractivity contribution in [2.75, 3.05) is 0 Å². The van der Waals surface area contributed by atoms with Crippen molar-refractivity contribution < 1.29 is 8.78 Å². The molecule has 1 aromatic rings. The monoisotopic (exact) mass is 239 g/mol. The third kappa shape index (κ3) is 3.25. The molecule has 0 amide bonds. The average molecular weight is 239 g/mol. The number of aryl methyl sites for hydroxylation is 1. The van der Waals surface area contributed by atoms with Crippen molar-refractivity contribution in [2.24, 2.45) is 0 Å². The van der Waals surface area contributed by atoms with E-state index in [0.717, 1.165) is 6.07 Å². The van der Waals surface area contributed by atoms with Crippen LogP contribution in [0, 0.1) is 18.6 Å². The van der Waals surface area contributed by atoms with Crippen molar-refractivity contribution in [3.05, 3.63) is 34.9 Å². The lowest BCUT2D eigenvalue weighted by Gasteiger charge is -2.23. The van der Waals surface area contributed by atoms with Crippen molar-refractivity contribution >= 4 is 0 Å². The molecule has 1 aliphatic carbocycles. The number of nitrogens with one attached hydrogen (secondary N) is 1. The fourth-order valence-corrected chi connectivity index (χ4v) is 2.41. The third-order valence-corrected chi connectivity index (χ3v) is 3.51. The van der Waals surface area contributed by atoms with E-state index < -0.39 is 11.6 Å². The standard InChI is InChI=1S/C14H19F2N/c1-10-7-11(14(16)8-13(10)15)9-17-12-5-3-2-4-6-12/h7-8,12,17H,2-6,9H2,1H3. The molecule has 0 spiro atoms. The highest BCUT2D eigenvalue weighted by molar-refractivity contribution is 5.25. The Morgan fingerprint density at radius 2 is 1.82 bits per heavy atom. The lowest BCUT2D eigenvalue weighted by molar-refractivity contribution is 0.370. The molecule has 0 atom stereocenters. The van der Waals surface area contributed by atoms with Crippen LogP contribution in [0.15, 0.2) is 12.1 Å². The lowest BCUT2D eigenvalue weighted by Crippen LogP contribution is -2.30. The SMILES string of the molecule is Cc1cc(CNC2CCCCC2)c(F)cc1F. The molecule has 1 N–H and O–H groups in total. The molecule has 3 heteroatoms. The van der Waals surface area contributed by atoms with Crippen LogP contribution < -0.4 is 5.32 Å². The Morgan fingerprint density at radius 1 is 1.12 bits per heavy atom. The molecule has 17 heavy (non-hydrogen) atoms. The van der Waals surface area contributed by atoms with Gasteiger partial charge in [0.15, 0.2) is 0 Å². The van der Waals surface area contributed by atoms with Crippen LogP contribution in [0.2, 0.25) is 0 Å². The van der Waals surface area contributed by atoms with Gasteiger partial charge in [0.2, 0.25) is 0 Å². The molecule has 1 fully saturated rings. The Balaban J connectivity index is 1.96. The van der Waals surface area contributed by atoms with E-state index in [-0.39, 0.29) is 0 Å². The van der Waals surface area contributed by atoms with E-state index in [2.05, 4.69) is 5.32 Å². The van der Waals surface area contributed by atoms with Gasteiger partial charge in [0.1, 0.15) is 11.6 Å². The van der Waals surface area contributed by atoms with Crippen LogP contribution in [0.3, 0.4) is 0 Å². The van der Waals surface area contributed by atoms with E-state index in [1.165, 1.54) is 32.1 Å². The number of benzene rings is 1. The highest BCUT2D eigenvalue weighted by Crippen LogP contribution is 2.19. The Labute approximate surface area is 101 Å². The van der Waals surface area contributed by atoms with Crippen LogP contribution in [0.1, 0.15) is 43.2 Å². The third-order valence-electron chi connectivity index (χ3n) is 3.51. The topological polar surface area (TPSA) is 12.0 Å². The largest absolute Gasteiger partial charge is 0.310 e. The van der Waals surface area contributed by atoms with Crippen LogP contribution >= 0.6 is 0 Å². The van der Waals surface area contributed by atoms with Gasteiger partial charge in [0.25, 0.3) is 0 Å². The summed E-state index contributed by atoms with van der Waals surface area (Å²) in [5, 5.41) is 3.36. The summed E-state index contributed by atoms with van der Waals surface area (Å²) in [5.41, 5.74) is 1.07. The smallest absolute Gasteiger partial charge is 0.130 e. The van der Waals surface area contributed by atoms with E-state index in [0.29, 0.717) is 23.7 Å². The zero-order valence-electron chi connectivity index (χ0n) is 10.2. The molecular formula is C14H19F2N. The van der Waals surface area contributed by atoms with Gasteiger partial charge in [-0.1, -0.05) is 19.3 Å². The predicted molar refractivity (Wildman–Crippen MR) is 64.8 cm³/mol. The highest BCUT2D eigenvalue weighted by atomic mass is 19.1. The normalized spacial score (nSPS) is 17.4. The summed E-state index contributed by atoms with van der Waals surface area (Å²) >= 11 is 0. The van der Waals surface area contributed by atoms with Crippen LogP contribution in [0.4, 0.5) is 8.78 Å². The number of hydrogen-bond acceptors (Lipinski definition) is 1. The van der Waals surface area contributed by atoms with Gasteiger partial charge in [0, 0.05) is 24.2 Å². The summed E-state index contributed by atoms with van der Waals surface area (Å²) in [7, 11) is 0. The molecule has 0 saturated heterocycles. The van der Waals surface area contributed by atoms with E-state index in [1.54, 1.807) is 13.0 Å². The molecule has 0 radical (unpaired) electrons. The zero-order chi connectivity index (χ0) is 12.3. The highest BCUT2D eigenvalue weighted by Gasteiger charge is 2.14. The Kier molecular flexibility index (Phi) is 4.11. The van der Waals surface area contributed by atoms with E-state index in [1.807, 2.05) is 0 Å². The quantitative estimate of drug-likeness (QED) is 0.848. The second-order valence-corrected chi connectivity index (χ2v) is 4.91. The fraction of sp³-hybridized carbons (Fsp3) is 0.571. The first-order valence-corrected chi connectivity index (χ1v) is 6.34. The van der Waals surface area contributed by atoms with Crippen molar-refractivity contribution in [1.82, 2.24) is 5.32 Å². The van der Waals surface area contributed by atoms with Gasteiger partial charge in [-0.15, -0.1) is 0 Å². The predicted octanol–water partition coefficient (Wildman–Crippen LogP) is 3.70. The molecule has 0 heterocycles. The average Bonchev–Trinajstić information content (AvgIpc) is 2.33. The van der Waals surface area contributed by atoms with Crippen LogP contribution in [0.25, 0.3) is 0 Å². The van der Waals surface area contributed by atoms with Gasteiger partial charge >= 0.3 is 0 Å². The molecule has 1 aliphatic rings. The second-order valence-electron chi connectivity index (χ2n) is 4.91. The molecule has 0 aromatic heterocycles. The van der Waals surface area contributed by atoms with Crippen LogP contribution in [-0.4, -0.2) is 6.04 Å². The van der Waals surface area contributed by atoms with Crippen molar-refractivity contribution in [1.29, 1.82) is 0 Å². The molecule has 2 rings (SSSR count). The van der Waals surface area contributed by atoms with E-state index in [4.69, 9.17) is 0 Å². The maximum Gasteiger partial charge on any atom is 0.130 e. The van der Waals surface area contributed by atoms with E-state index >= 15 is 0 Å². The van der Waals surface area contributed by atoms with Crippen molar-refractivity contribution in [3.8, 4) is 0 Å². The van der Waals surface area contributed by atoms with Crippen molar-refractivity contribution in [2.45, 2.75) is 51.6 Å². The van der Waals surface area contributed by atoms with Gasteiger partial charge in [-0.2, -0.15) is 0 Å². The maximum atomic E-state index is 13.5. The second kappa shape index (κ2) is 5.58. The van der Waals surface area contributed by atoms with Gasteiger partial charge in [-0.3, -0.25) is 0 Å². The molecule has 0 bridgehead atoms. The van der Waals surface area contributed by atoms with Gasteiger partial charge in [0.05, 0.1) is 0 Å². The summed E-state index contributed by atoms with van der Waals surface area (Å²) in [6.07, 6.45) is 6.15. The molecule has 0 unspecified atom stereocenters. The van der Waals surface area contributed by atoms with Crippen molar-refractivity contribution in [3.63, 3.8) is 0 Å². The Bertz CT molecular complexity index is 384. The molecule has 1 saturated carbocycles. The van der Waals surface area contributed by atoms with E-state index in [9.17, 15) is 8.78 Å². The number of halogens is 2. The maximum absolute atomic E-state index is 13.5. The minimum absolute atomic E-state index is 0.448. The number of rotatable bonds is 3. The molecule has 94 valence electrons. The number of hydrogen-bond donors (Lipinski definition) is 1. The summed E-state index contributed by atoms with van der Waals surface area (Å²) < 4.78 is 26.6. The van der Waals surface area contributed by atoms with Gasteiger partial charge in [-0.25, -0.2) is 8.78 Å². The molecular weight excluding hydrogens is 220 g/mol.